The number of hydrogen-bond acceptors (Lipinski definition) is 3. The third kappa shape index (κ3) is 3.94. The van der Waals surface area contributed by atoms with Crippen molar-refractivity contribution in [3.05, 3.63) is 35.4 Å². The van der Waals surface area contributed by atoms with Gasteiger partial charge in [-0.05, 0) is 17.7 Å². The Hall–Kier alpha value is -1.49. The lowest BCUT2D eigenvalue weighted by atomic mass is 10.1. The van der Waals surface area contributed by atoms with Crippen LogP contribution in [-0.2, 0) is 16.0 Å². The SMILES string of the molecule is NCCC(=O)OCCc1ccc(F)c(F)c1. The molecule has 88 valence electrons. The van der Waals surface area contributed by atoms with Crippen LogP contribution in [0, 0.1) is 11.6 Å². The van der Waals surface area contributed by atoms with Crippen LogP contribution in [0.25, 0.3) is 0 Å². The van der Waals surface area contributed by atoms with Gasteiger partial charge in [0.25, 0.3) is 0 Å². The number of esters is 1. The predicted octanol–water partition coefficient (Wildman–Crippen LogP) is 1.40. The van der Waals surface area contributed by atoms with Gasteiger partial charge in [0.1, 0.15) is 0 Å². The number of halogens is 2. The molecule has 0 aliphatic heterocycles. The fourth-order valence-electron chi connectivity index (χ4n) is 1.17. The molecule has 0 fully saturated rings. The molecule has 0 heterocycles. The second-order valence-electron chi connectivity index (χ2n) is 3.26. The van der Waals surface area contributed by atoms with E-state index in [0.717, 1.165) is 12.1 Å². The summed E-state index contributed by atoms with van der Waals surface area (Å²) in [7, 11) is 0. The topological polar surface area (TPSA) is 52.3 Å². The largest absolute Gasteiger partial charge is 0.465 e. The van der Waals surface area contributed by atoms with Crippen molar-refractivity contribution in [1.29, 1.82) is 0 Å². The van der Waals surface area contributed by atoms with E-state index >= 15 is 0 Å². The highest BCUT2D eigenvalue weighted by Gasteiger charge is 2.04. The first-order valence-electron chi connectivity index (χ1n) is 4.93. The Morgan fingerprint density at radius 1 is 1.31 bits per heavy atom. The van der Waals surface area contributed by atoms with Gasteiger partial charge in [-0.15, -0.1) is 0 Å². The van der Waals surface area contributed by atoms with Crippen molar-refractivity contribution in [1.82, 2.24) is 0 Å². The molecule has 0 spiro atoms. The highest BCUT2D eigenvalue weighted by molar-refractivity contribution is 5.69. The van der Waals surface area contributed by atoms with Gasteiger partial charge in [-0.1, -0.05) is 6.07 Å². The standard InChI is InChI=1S/C11H13F2NO2/c12-9-2-1-8(7-10(9)13)4-6-16-11(15)3-5-14/h1-2,7H,3-6,14H2. The van der Waals surface area contributed by atoms with Gasteiger partial charge in [0.15, 0.2) is 11.6 Å². The number of carbonyl (C=O) groups is 1. The molecule has 0 atom stereocenters. The van der Waals surface area contributed by atoms with E-state index in [2.05, 4.69) is 0 Å². The molecule has 0 unspecified atom stereocenters. The molecule has 0 saturated carbocycles. The average Bonchev–Trinajstić information content (AvgIpc) is 2.24. The van der Waals surface area contributed by atoms with E-state index in [1.807, 2.05) is 0 Å². The molecule has 1 aromatic rings. The van der Waals surface area contributed by atoms with Crippen LogP contribution in [0.3, 0.4) is 0 Å². The lowest BCUT2D eigenvalue weighted by Gasteiger charge is -2.04. The summed E-state index contributed by atoms with van der Waals surface area (Å²) in [6, 6.07) is 3.59. The second kappa shape index (κ2) is 6.17. The van der Waals surface area contributed by atoms with Crippen molar-refractivity contribution in [2.24, 2.45) is 5.73 Å². The summed E-state index contributed by atoms with van der Waals surface area (Å²) < 4.78 is 30.2. The van der Waals surface area contributed by atoms with Crippen molar-refractivity contribution in [2.45, 2.75) is 12.8 Å². The first-order valence-corrected chi connectivity index (χ1v) is 4.93. The van der Waals surface area contributed by atoms with Crippen molar-refractivity contribution >= 4 is 5.97 Å². The van der Waals surface area contributed by atoms with E-state index in [1.54, 1.807) is 0 Å². The van der Waals surface area contributed by atoms with Gasteiger partial charge in [0.2, 0.25) is 0 Å². The van der Waals surface area contributed by atoms with Crippen LogP contribution in [0.2, 0.25) is 0 Å². The molecule has 3 nitrogen and oxygen atoms in total. The van der Waals surface area contributed by atoms with Crippen molar-refractivity contribution < 1.29 is 18.3 Å². The molecule has 0 amide bonds. The first-order chi connectivity index (χ1) is 7.63. The van der Waals surface area contributed by atoms with E-state index in [0.29, 0.717) is 12.0 Å². The maximum atomic E-state index is 12.8. The summed E-state index contributed by atoms with van der Waals surface area (Å²) in [4.78, 5) is 10.9. The minimum atomic E-state index is -0.897. The van der Waals surface area contributed by atoms with Gasteiger partial charge in [-0.2, -0.15) is 0 Å². The third-order valence-electron chi connectivity index (χ3n) is 1.99. The maximum Gasteiger partial charge on any atom is 0.307 e. The fraction of sp³-hybridized carbons (Fsp3) is 0.364. The van der Waals surface area contributed by atoms with Gasteiger partial charge < -0.3 is 10.5 Å². The molecular weight excluding hydrogens is 216 g/mol. The Morgan fingerprint density at radius 3 is 2.69 bits per heavy atom. The second-order valence-corrected chi connectivity index (χ2v) is 3.26. The van der Waals surface area contributed by atoms with Crippen LogP contribution in [0.1, 0.15) is 12.0 Å². The van der Waals surface area contributed by atoms with Crippen LogP contribution in [0.15, 0.2) is 18.2 Å². The summed E-state index contributed by atoms with van der Waals surface area (Å²) >= 11 is 0. The fourth-order valence-corrected chi connectivity index (χ4v) is 1.17. The summed E-state index contributed by atoms with van der Waals surface area (Å²) in [5.74, 6) is -2.17. The van der Waals surface area contributed by atoms with Crippen molar-refractivity contribution in [3.8, 4) is 0 Å². The van der Waals surface area contributed by atoms with Crippen LogP contribution >= 0.6 is 0 Å². The summed E-state index contributed by atoms with van der Waals surface area (Å²) in [5, 5.41) is 0. The number of rotatable bonds is 5. The molecule has 0 bridgehead atoms. The van der Waals surface area contributed by atoms with E-state index in [-0.39, 0.29) is 25.5 Å². The summed E-state index contributed by atoms with van der Waals surface area (Å²) in [6.07, 6.45) is 0.519. The van der Waals surface area contributed by atoms with Crippen LogP contribution in [0.4, 0.5) is 8.78 Å². The zero-order valence-corrected chi connectivity index (χ0v) is 8.71. The van der Waals surface area contributed by atoms with Gasteiger partial charge in [0.05, 0.1) is 13.0 Å². The number of hydrogen-bond donors (Lipinski definition) is 1. The van der Waals surface area contributed by atoms with Gasteiger partial charge in [-0.3, -0.25) is 4.79 Å². The van der Waals surface area contributed by atoms with E-state index < -0.39 is 11.6 Å². The molecule has 16 heavy (non-hydrogen) atoms. The Labute approximate surface area is 92.2 Å². The Balaban J connectivity index is 2.37. The minimum absolute atomic E-state index is 0.143. The molecule has 1 rings (SSSR count). The van der Waals surface area contributed by atoms with Gasteiger partial charge in [0, 0.05) is 13.0 Å². The molecule has 0 aliphatic carbocycles. The number of carbonyl (C=O) groups excluding carboxylic acids is 1. The van der Waals surface area contributed by atoms with Gasteiger partial charge >= 0.3 is 5.97 Å². The van der Waals surface area contributed by atoms with E-state index in [1.165, 1.54) is 6.07 Å². The Morgan fingerprint density at radius 2 is 2.06 bits per heavy atom. The maximum absolute atomic E-state index is 12.8. The van der Waals surface area contributed by atoms with Crippen LogP contribution in [0.5, 0.6) is 0 Å². The molecule has 0 aliphatic rings. The Kier molecular flexibility index (Phi) is 4.85. The zero-order valence-electron chi connectivity index (χ0n) is 8.71. The van der Waals surface area contributed by atoms with Crippen LogP contribution < -0.4 is 5.73 Å². The highest BCUT2D eigenvalue weighted by Crippen LogP contribution is 2.09. The molecule has 5 heteroatoms. The third-order valence-corrected chi connectivity index (χ3v) is 1.99. The summed E-state index contributed by atoms with van der Waals surface area (Å²) in [5.41, 5.74) is 5.74. The molecule has 0 saturated heterocycles. The number of nitrogens with two attached hydrogens (primary N) is 1. The average molecular weight is 229 g/mol. The number of ether oxygens (including phenoxy) is 1. The quantitative estimate of drug-likeness (QED) is 0.776. The van der Waals surface area contributed by atoms with Crippen LogP contribution in [-0.4, -0.2) is 19.1 Å². The lowest BCUT2D eigenvalue weighted by molar-refractivity contribution is -0.143. The molecule has 1 aromatic carbocycles. The van der Waals surface area contributed by atoms with E-state index in [4.69, 9.17) is 10.5 Å². The van der Waals surface area contributed by atoms with Crippen molar-refractivity contribution in [2.75, 3.05) is 13.2 Å². The smallest absolute Gasteiger partial charge is 0.307 e. The zero-order chi connectivity index (χ0) is 12.0. The molecular formula is C11H13F2NO2. The monoisotopic (exact) mass is 229 g/mol. The minimum Gasteiger partial charge on any atom is -0.465 e. The van der Waals surface area contributed by atoms with Gasteiger partial charge in [-0.25, -0.2) is 8.78 Å². The molecule has 0 aromatic heterocycles. The van der Waals surface area contributed by atoms with E-state index in [9.17, 15) is 13.6 Å². The predicted molar refractivity (Wildman–Crippen MR) is 54.7 cm³/mol. The number of benzene rings is 1. The Bertz CT molecular complexity index is 369. The first kappa shape index (κ1) is 12.6. The molecule has 0 radical (unpaired) electrons. The van der Waals surface area contributed by atoms with Crippen molar-refractivity contribution in [3.63, 3.8) is 0 Å². The normalized spacial score (nSPS) is 10.2. The molecule has 2 N–H and O–H groups in total. The summed E-state index contributed by atoms with van der Waals surface area (Å²) in [6.45, 7) is 0.383. The lowest BCUT2D eigenvalue weighted by Crippen LogP contribution is -2.12. The highest BCUT2D eigenvalue weighted by atomic mass is 19.2.